The van der Waals surface area contributed by atoms with Gasteiger partial charge in [0.05, 0.1) is 15.8 Å². The third-order valence-corrected chi connectivity index (χ3v) is 5.89. The molecule has 1 aromatic carbocycles. The lowest BCUT2D eigenvalue weighted by Crippen LogP contribution is -2.24. The van der Waals surface area contributed by atoms with Crippen molar-refractivity contribution in [2.24, 2.45) is 0 Å². The summed E-state index contributed by atoms with van der Waals surface area (Å²) >= 11 is 2.79. The lowest BCUT2D eigenvalue weighted by atomic mass is 10.1. The summed E-state index contributed by atoms with van der Waals surface area (Å²) in [6, 6.07) is 10.1. The number of nitrogens with one attached hydrogen (secondary N) is 1. The number of benzene rings is 1. The Morgan fingerprint density at radius 1 is 1.35 bits per heavy atom. The number of nitrogens with zero attached hydrogens (tertiary/aromatic N) is 3. The van der Waals surface area contributed by atoms with E-state index in [0.29, 0.717) is 18.2 Å². The average Bonchev–Trinajstić information content (AvgIpc) is 3.07. The SMILES string of the molecule is CCC(Sc1cc(C)c2ccccc2n1)C(=O)Nc1nnc(COC)s1. The van der Waals surface area contributed by atoms with Crippen LogP contribution in [0.4, 0.5) is 5.13 Å². The van der Waals surface area contributed by atoms with E-state index < -0.39 is 0 Å². The van der Waals surface area contributed by atoms with Crippen LogP contribution in [0.2, 0.25) is 0 Å². The minimum Gasteiger partial charge on any atom is -0.377 e. The van der Waals surface area contributed by atoms with Gasteiger partial charge in [-0.1, -0.05) is 48.2 Å². The molecule has 0 bridgehead atoms. The standard InChI is InChI=1S/C18H20N4O2S2/c1-4-14(17(23)20-18-22-21-16(26-18)10-24-3)25-15-9-11(2)12-7-5-6-8-13(12)19-15/h5-9,14H,4,10H2,1-3H3,(H,20,22,23). The van der Waals surface area contributed by atoms with Crippen molar-refractivity contribution in [2.45, 2.75) is 37.2 Å². The second kappa shape index (κ2) is 8.57. The van der Waals surface area contributed by atoms with E-state index in [1.807, 2.05) is 31.2 Å². The molecule has 0 aliphatic rings. The van der Waals surface area contributed by atoms with Gasteiger partial charge in [-0.2, -0.15) is 0 Å². The molecule has 8 heteroatoms. The summed E-state index contributed by atoms with van der Waals surface area (Å²) in [6.45, 7) is 4.44. The van der Waals surface area contributed by atoms with E-state index in [2.05, 4.69) is 33.5 Å². The van der Waals surface area contributed by atoms with Crippen molar-refractivity contribution < 1.29 is 9.53 Å². The average molecular weight is 389 g/mol. The van der Waals surface area contributed by atoms with Crippen LogP contribution in [0.25, 0.3) is 10.9 Å². The van der Waals surface area contributed by atoms with Gasteiger partial charge in [0.15, 0.2) is 0 Å². The predicted molar refractivity (Wildman–Crippen MR) is 106 cm³/mol. The summed E-state index contributed by atoms with van der Waals surface area (Å²) in [5.74, 6) is -0.0924. The number of fused-ring (bicyclic) bond motifs is 1. The largest absolute Gasteiger partial charge is 0.377 e. The molecule has 1 atom stereocenters. The lowest BCUT2D eigenvalue weighted by Gasteiger charge is -2.14. The number of ether oxygens (including phenoxy) is 1. The summed E-state index contributed by atoms with van der Waals surface area (Å²) in [4.78, 5) is 17.3. The topological polar surface area (TPSA) is 77.0 Å². The Hall–Kier alpha value is -2.03. The fraction of sp³-hybridized carbons (Fsp3) is 0.333. The normalized spacial score (nSPS) is 12.3. The van der Waals surface area contributed by atoms with E-state index >= 15 is 0 Å². The van der Waals surface area contributed by atoms with Gasteiger partial charge in [0.25, 0.3) is 0 Å². The minimum absolute atomic E-state index is 0.0924. The third-order valence-electron chi connectivity index (χ3n) is 3.79. The summed E-state index contributed by atoms with van der Waals surface area (Å²) < 4.78 is 5.02. The van der Waals surface area contributed by atoms with Crippen molar-refractivity contribution in [1.29, 1.82) is 0 Å². The van der Waals surface area contributed by atoms with E-state index in [4.69, 9.17) is 4.74 Å². The van der Waals surface area contributed by atoms with Crippen molar-refractivity contribution in [3.05, 3.63) is 40.9 Å². The highest BCUT2D eigenvalue weighted by Gasteiger charge is 2.20. The number of methoxy groups -OCH3 is 1. The number of carbonyl (C=O) groups is 1. The molecule has 0 aliphatic heterocycles. The molecule has 6 nitrogen and oxygen atoms in total. The molecule has 3 aromatic rings. The first-order valence-electron chi connectivity index (χ1n) is 8.26. The number of aryl methyl sites for hydroxylation is 1. The van der Waals surface area contributed by atoms with Gasteiger partial charge in [-0.25, -0.2) is 4.98 Å². The molecule has 26 heavy (non-hydrogen) atoms. The summed E-state index contributed by atoms with van der Waals surface area (Å²) in [5.41, 5.74) is 2.10. The van der Waals surface area contributed by atoms with Crippen LogP contribution in [0.3, 0.4) is 0 Å². The highest BCUT2D eigenvalue weighted by Crippen LogP contribution is 2.29. The smallest absolute Gasteiger partial charge is 0.239 e. The monoisotopic (exact) mass is 388 g/mol. The lowest BCUT2D eigenvalue weighted by molar-refractivity contribution is -0.115. The highest BCUT2D eigenvalue weighted by atomic mass is 32.2. The Morgan fingerprint density at radius 3 is 2.92 bits per heavy atom. The molecule has 0 spiro atoms. The summed E-state index contributed by atoms with van der Waals surface area (Å²) in [7, 11) is 1.60. The Kier molecular flexibility index (Phi) is 6.18. The van der Waals surface area contributed by atoms with Crippen LogP contribution in [-0.4, -0.2) is 33.4 Å². The molecule has 1 unspecified atom stereocenters. The van der Waals surface area contributed by atoms with Gasteiger partial charge in [-0.15, -0.1) is 10.2 Å². The van der Waals surface area contributed by atoms with Gasteiger partial charge in [0.2, 0.25) is 11.0 Å². The van der Waals surface area contributed by atoms with Gasteiger partial charge >= 0.3 is 0 Å². The van der Waals surface area contributed by atoms with Crippen LogP contribution in [0, 0.1) is 6.92 Å². The van der Waals surface area contributed by atoms with Crippen molar-refractivity contribution in [3.8, 4) is 0 Å². The zero-order valence-corrected chi connectivity index (χ0v) is 16.5. The van der Waals surface area contributed by atoms with Crippen LogP contribution in [0.1, 0.15) is 23.9 Å². The maximum atomic E-state index is 12.6. The Labute approximate surface area is 160 Å². The third kappa shape index (κ3) is 4.38. The number of pyridine rings is 1. The molecule has 0 fully saturated rings. The molecule has 3 rings (SSSR count). The zero-order valence-electron chi connectivity index (χ0n) is 14.9. The minimum atomic E-state index is -0.252. The van der Waals surface area contributed by atoms with E-state index in [0.717, 1.165) is 26.5 Å². The quantitative estimate of drug-likeness (QED) is 0.615. The Bertz CT molecular complexity index is 913. The van der Waals surface area contributed by atoms with E-state index in [-0.39, 0.29) is 11.2 Å². The van der Waals surface area contributed by atoms with Gasteiger partial charge in [-0.05, 0) is 31.0 Å². The number of amides is 1. The zero-order chi connectivity index (χ0) is 18.5. The van der Waals surface area contributed by atoms with Crippen LogP contribution in [0.15, 0.2) is 35.4 Å². The van der Waals surface area contributed by atoms with Gasteiger partial charge < -0.3 is 4.74 Å². The number of aromatic nitrogens is 3. The van der Waals surface area contributed by atoms with E-state index in [9.17, 15) is 4.79 Å². The molecule has 0 aliphatic carbocycles. The predicted octanol–water partition coefficient (Wildman–Crippen LogP) is 4.05. The van der Waals surface area contributed by atoms with E-state index in [1.54, 1.807) is 7.11 Å². The van der Waals surface area contributed by atoms with Crippen LogP contribution in [0.5, 0.6) is 0 Å². The van der Waals surface area contributed by atoms with Crippen molar-refractivity contribution in [1.82, 2.24) is 15.2 Å². The van der Waals surface area contributed by atoms with E-state index in [1.165, 1.54) is 23.1 Å². The van der Waals surface area contributed by atoms with Crippen LogP contribution < -0.4 is 5.32 Å². The molecule has 136 valence electrons. The summed E-state index contributed by atoms with van der Waals surface area (Å²) in [5, 5.41) is 13.8. The number of para-hydroxylation sites is 1. The number of anilines is 1. The van der Waals surface area contributed by atoms with Gasteiger partial charge in [0, 0.05) is 12.5 Å². The molecular formula is C18H20N4O2S2. The molecule has 0 saturated carbocycles. The Balaban J connectivity index is 1.73. The fourth-order valence-electron chi connectivity index (χ4n) is 2.52. The first-order chi connectivity index (χ1) is 12.6. The highest BCUT2D eigenvalue weighted by molar-refractivity contribution is 8.00. The number of hydrogen-bond donors (Lipinski definition) is 1. The first kappa shape index (κ1) is 18.8. The molecular weight excluding hydrogens is 368 g/mol. The number of rotatable bonds is 7. The maximum absolute atomic E-state index is 12.6. The van der Waals surface area contributed by atoms with Gasteiger partial charge in [-0.3, -0.25) is 10.1 Å². The molecule has 1 N–H and O–H groups in total. The number of thioether (sulfide) groups is 1. The molecule has 0 radical (unpaired) electrons. The fourth-order valence-corrected chi connectivity index (χ4v) is 4.25. The van der Waals surface area contributed by atoms with Crippen molar-refractivity contribution in [3.63, 3.8) is 0 Å². The second-order valence-corrected chi connectivity index (χ2v) is 8.02. The molecule has 2 heterocycles. The molecule has 2 aromatic heterocycles. The van der Waals surface area contributed by atoms with Crippen LogP contribution >= 0.6 is 23.1 Å². The summed E-state index contributed by atoms with van der Waals surface area (Å²) in [6.07, 6.45) is 0.688. The van der Waals surface area contributed by atoms with Crippen LogP contribution in [-0.2, 0) is 16.1 Å². The maximum Gasteiger partial charge on any atom is 0.239 e. The molecule has 1 amide bonds. The van der Waals surface area contributed by atoms with Crippen molar-refractivity contribution in [2.75, 3.05) is 12.4 Å². The Morgan fingerprint density at radius 2 is 2.15 bits per heavy atom. The number of hydrogen-bond acceptors (Lipinski definition) is 7. The molecule has 0 saturated heterocycles. The number of carbonyl (C=O) groups excluding carboxylic acids is 1. The van der Waals surface area contributed by atoms with Crippen molar-refractivity contribution >= 4 is 45.0 Å². The second-order valence-electron chi connectivity index (χ2n) is 5.73. The van der Waals surface area contributed by atoms with Gasteiger partial charge in [0.1, 0.15) is 11.6 Å². The first-order valence-corrected chi connectivity index (χ1v) is 9.95.